The Morgan fingerprint density at radius 3 is 2.83 bits per heavy atom. The van der Waals surface area contributed by atoms with E-state index >= 15 is 0 Å². The Labute approximate surface area is 142 Å². The lowest BCUT2D eigenvalue weighted by Crippen LogP contribution is -2.27. The Balaban J connectivity index is 1.82. The molecule has 1 N–H and O–H groups in total. The summed E-state index contributed by atoms with van der Waals surface area (Å²) < 4.78 is 7.28. The number of carbonyl (C=O) groups is 1. The minimum absolute atomic E-state index is 0.210. The average molecular weight is 330 g/mol. The molecule has 1 unspecified atom stereocenters. The summed E-state index contributed by atoms with van der Waals surface area (Å²) in [5.74, 6) is 1.18. The molecule has 0 spiro atoms. The van der Waals surface area contributed by atoms with Crippen LogP contribution < -0.4 is 5.32 Å². The molecule has 1 amide bonds. The van der Waals surface area contributed by atoms with Crippen LogP contribution in [0.4, 0.5) is 5.69 Å². The second-order valence-corrected chi connectivity index (χ2v) is 7.65. The molecule has 0 fully saturated rings. The maximum Gasteiger partial charge on any atom is 0.278 e. The van der Waals surface area contributed by atoms with Crippen molar-refractivity contribution in [2.45, 2.75) is 60.4 Å². The molecular weight excluding hydrogens is 304 g/mol. The molecular formula is C18H26N4O2. The summed E-state index contributed by atoms with van der Waals surface area (Å²) in [4.78, 5) is 12.7. The molecule has 0 aromatic carbocycles. The van der Waals surface area contributed by atoms with E-state index in [0.29, 0.717) is 11.6 Å². The fourth-order valence-electron chi connectivity index (χ4n) is 3.39. The van der Waals surface area contributed by atoms with Gasteiger partial charge in [0, 0.05) is 18.5 Å². The van der Waals surface area contributed by atoms with Crippen molar-refractivity contribution >= 4 is 11.6 Å². The van der Waals surface area contributed by atoms with Crippen LogP contribution in [0.3, 0.4) is 0 Å². The minimum atomic E-state index is -0.215. The van der Waals surface area contributed by atoms with Gasteiger partial charge in [-0.15, -0.1) is 0 Å². The van der Waals surface area contributed by atoms with Crippen molar-refractivity contribution in [1.29, 1.82) is 0 Å². The zero-order valence-corrected chi connectivity index (χ0v) is 15.1. The van der Waals surface area contributed by atoms with Gasteiger partial charge in [0.1, 0.15) is 5.76 Å². The molecule has 2 heterocycles. The molecule has 6 heteroatoms. The van der Waals surface area contributed by atoms with Crippen molar-refractivity contribution in [3.8, 4) is 0 Å². The Bertz CT molecular complexity index is 752. The van der Waals surface area contributed by atoms with Gasteiger partial charge in [0.2, 0.25) is 0 Å². The quantitative estimate of drug-likeness (QED) is 0.933. The molecule has 1 atom stereocenters. The summed E-state index contributed by atoms with van der Waals surface area (Å²) in [6, 6.07) is 0. The number of rotatable bonds is 3. The first kappa shape index (κ1) is 16.7. The van der Waals surface area contributed by atoms with E-state index in [1.165, 1.54) is 0 Å². The lowest BCUT2D eigenvalue weighted by Gasteiger charge is -2.33. The number of aromatic nitrogens is 3. The largest absolute Gasteiger partial charge is 0.360 e. The monoisotopic (exact) mass is 330 g/mol. The Morgan fingerprint density at radius 1 is 1.46 bits per heavy atom. The van der Waals surface area contributed by atoms with Gasteiger partial charge in [-0.05, 0) is 38.0 Å². The highest BCUT2D eigenvalue weighted by Gasteiger charge is 2.34. The zero-order chi connectivity index (χ0) is 17.5. The Hall–Kier alpha value is -2.11. The number of hydrogen-bond donors (Lipinski definition) is 1. The third-order valence-corrected chi connectivity index (χ3v) is 5.13. The maximum absolute atomic E-state index is 12.7. The summed E-state index contributed by atoms with van der Waals surface area (Å²) in [5.41, 5.74) is 3.26. The van der Waals surface area contributed by atoms with E-state index in [-0.39, 0.29) is 11.3 Å². The zero-order valence-electron chi connectivity index (χ0n) is 15.1. The van der Waals surface area contributed by atoms with Crippen molar-refractivity contribution in [1.82, 2.24) is 14.9 Å². The number of nitrogens with zero attached hydrogens (tertiary/aromatic N) is 3. The van der Waals surface area contributed by atoms with Gasteiger partial charge in [0.15, 0.2) is 5.69 Å². The van der Waals surface area contributed by atoms with E-state index in [4.69, 9.17) is 4.52 Å². The fourth-order valence-corrected chi connectivity index (χ4v) is 3.39. The molecule has 0 aliphatic heterocycles. The van der Waals surface area contributed by atoms with Gasteiger partial charge in [-0.2, -0.15) is 5.10 Å². The van der Waals surface area contributed by atoms with Crippen LogP contribution in [0.1, 0.15) is 61.6 Å². The van der Waals surface area contributed by atoms with E-state index in [1.54, 1.807) is 6.20 Å². The summed E-state index contributed by atoms with van der Waals surface area (Å²) in [7, 11) is 0. The molecule has 3 rings (SSSR count). The maximum atomic E-state index is 12.7. The fraction of sp³-hybridized carbons (Fsp3) is 0.611. The lowest BCUT2D eigenvalue weighted by molar-refractivity contribution is 0.101. The van der Waals surface area contributed by atoms with Crippen LogP contribution in [-0.2, 0) is 19.4 Å². The van der Waals surface area contributed by atoms with Crippen molar-refractivity contribution in [3.63, 3.8) is 0 Å². The van der Waals surface area contributed by atoms with E-state index < -0.39 is 0 Å². The molecule has 0 bridgehead atoms. The van der Waals surface area contributed by atoms with Gasteiger partial charge in [0.05, 0.1) is 17.6 Å². The van der Waals surface area contributed by atoms with Crippen LogP contribution in [0.15, 0.2) is 10.7 Å². The number of anilines is 1. The molecule has 6 nitrogen and oxygen atoms in total. The summed E-state index contributed by atoms with van der Waals surface area (Å²) in [6.07, 6.45) is 4.46. The van der Waals surface area contributed by atoms with Crippen molar-refractivity contribution in [3.05, 3.63) is 28.9 Å². The SMILES string of the molecule is CCn1ncc(NC(=O)c2noc3c2CC(C(C)(C)C)CC3)c1C. The van der Waals surface area contributed by atoms with Crippen molar-refractivity contribution < 1.29 is 9.32 Å². The standard InChI is InChI=1S/C18H26N4O2/c1-6-22-11(2)14(10-19-22)20-17(23)16-13-9-12(18(3,4)5)7-8-15(13)24-21-16/h10,12H,6-9H2,1-5H3,(H,20,23). The Kier molecular flexibility index (Phi) is 4.24. The highest BCUT2D eigenvalue weighted by atomic mass is 16.5. The number of aryl methyl sites for hydroxylation is 2. The van der Waals surface area contributed by atoms with Crippen LogP contribution in [-0.4, -0.2) is 20.8 Å². The average Bonchev–Trinajstić information content (AvgIpc) is 3.10. The van der Waals surface area contributed by atoms with Crippen LogP contribution in [0, 0.1) is 18.3 Å². The predicted molar refractivity (Wildman–Crippen MR) is 92.1 cm³/mol. The number of amides is 1. The van der Waals surface area contributed by atoms with Gasteiger partial charge in [-0.3, -0.25) is 9.48 Å². The van der Waals surface area contributed by atoms with Gasteiger partial charge >= 0.3 is 0 Å². The molecule has 24 heavy (non-hydrogen) atoms. The van der Waals surface area contributed by atoms with Crippen LogP contribution in [0.5, 0.6) is 0 Å². The number of carbonyl (C=O) groups excluding carboxylic acids is 1. The van der Waals surface area contributed by atoms with Crippen LogP contribution in [0.25, 0.3) is 0 Å². The number of fused-ring (bicyclic) bond motifs is 1. The third-order valence-electron chi connectivity index (χ3n) is 5.13. The second-order valence-electron chi connectivity index (χ2n) is 7.65. The number of hydrogen-bond acceptors (Lipinski definition) is 4. The normalized spacial score (nSPS) is 17.6. The van der Waals surface area contributed by atoms with Gasteiger partial charge in [-0.1, -0.05) is 25.9 Å². The lowest BCUT2D eigenvalue weighted by atomic mass is 9.71. The first-order valence-corrected chi connectivity index (χ1v) is 8.62. The molecule has 0 saturated heterocycles. The first-order chi connectivity index (χ1) is 11.3. The predicted octanol–water partition coefficient (Wildman–Crippen LogP) is 3.60. The summed E-state index contributed by atoms with van der Waals surface area (Å²) in [6.45, 7) is 11.5. The summed E-state index contributed by atoms with van der Waals surface area (Å²) in [5, 5.41) is 11.2. The molecule has 2 aromatic heterocycles. The van der Waals surface area contributed by atoms with E-state index in [0.717, 1.165) is 48.5 Å². The highest BCUT2D eigenvalue weighted by Crippen LogP contribution is 2.38. The molecule has 130 valence electrons. The molecule has 1 aliphatic rings. The summed E-state index contributed by atoms with van der Waals surface area (Å²) >= 11 is 0. The van der Waals surface area contributed by atoms with Crippen LogP contribution >= 0.6 is 0 Å². The van der Waals surface area contributed by atoms with E-state index in [2.05, 4.69) is 36.3 Å². The van der Waals surface area contributed by atoms with Crippen LogP contribution in [0.2, 0.25) is 0 Å². The minimum Gasteiger partial charge on any atom is -0.360 e. The Morgan fingerprint density at radius 2 is 2.21 bits per heavy atom. The van der Waals surface area contributed by atoms with Crippen molar-refractivity contribution in [2.75, 3.05) is 5.32 Å². The smallest absolute Gasteiger partial charge is 0.278 e. The topological polar surface area (TPSA) is 73.0 Å². The molecule has 2 aromatic rings. The highest BCUT2D eigenvalue weighted by molar-refractivity contribution is 6.04. The second kappa shape index (κ2) is 6.07. The molecule has 1 aliphatic carbocycles. The van der Waals surface area contributed by atoms with E-state index in [1.807, 2.05) is 18.5 Å². The molecule has 0 radical (unpaired) electrons. The van der Waals surface area contributed by atoms with Crippen molar-refractivity contribution in [2.24, 2.45) is 11.3 Å². The van der Waals surface area contributed by atoms with Gasteiger partial charge in [-0.25, -0.2) is 0 Å². The first-order valence-electron chi connectivity index (χ1n) is 8.62. The third kappa shape index (κ3) is 2.97. The van der Waals surface area contributed by atoms with Gasteiger partial charge in [0.25, 0.3) is 5.91 Å². The van der Waals surface area contributed by atoms with E-state index in [9.17, 15) is 4.79 Å². The molecule has 0 saturated carbocycles. The number of nitrogens with one attached hydrogen (secondary N) is 1. The van der Waals surface area contributed by atoms with Gasteiger partial charge < -0.3 is 9.84 Å².